The van der Waals surface area contributed by atoms with Crippen molar-refractivity contribution in [1.29, 1.82) is 0 Å². The Morgan fingerprint density at radius 1 is 1.03 bits per heavy atom. The molecule has 1 aliphatic heterocycles. The smallest absolute Gasteiger partial charge is 0.254 e. The highest BCUT2D eigenvalue weighted by Gasteiger charge is 2.22. The van der Waals surface area contributed by atoms with Gasteiger partial charge in [-0.2, -0.15) is 0 Å². The fourth-order valence-corrected chi connectivity index (χ4v) is 3.39. The lowest BCUT2D eigenvalue weighted by Crippen LogP contribution is -2.48. The Morgan fingerprint density at radius 2 is 1.77 bits per heavy atom. The van der Waals surface area contributed by atoms with Crippen molar-refractivity contribution in [3.8, 4) is 11.5 Å². The number of hydrogen-bond acceptors (Lipinski definition) is 4. The van der Waals surface area contributed by atoms with E-state index in [4.69, 9.17) is 9.47 Å². The van der Waals surface area contributed by atoms with Gasteiger partial charge in [0, 0.05) is 38.3 Å². The third kappa shape index (κ3) is 6.10. The second kappa shape index (κ2) is 10.8. The Kier molecular flexibility index (Phi) is 7.91. The largest absolute Gasteiger partial charge is 0.493 e. The number of methoxy groups -OCH3 is 1. The zero-order chi connectivity index (χ0) is 21.3. The molecular formula is C25H32N2O3. The summed E-state index contributed by atoms with van der Waals surface area (Å²) in [5.41, 5.74) is 1.85. The van der Waals surface area contributed by atoms with Crippen LogP contribution in [0.5, 0.6) is 11.5 Å². The van der Waals surface area contributed by atoms with Crippen LogP contribution in [0.3, 0.4) is 0 Å². The SMILES string of the molecule is COc1cc(C(=O)N2CCN(C/C=C/c3ccccc3)CC2)ccc1OCC(C)C. The molecule has 0 radical (unpaired) electrons. The van der Waals surface area contributed by atoms with Crippen LogP contribution in [-0.2, 0) is 0 Å². The maximum Gasteiger partial charge on any atom is 0.254 e. The molecule has 0 N–H and O–H groups in total. The van der Waals surface area contributed by atoms with Gasteiger partial charge < -0.3 is 14.4 Å². The number of carbonyl (C=O) groups is 1. The number of rotatable bonds is 8. The van der Waals surface area contributed by atoms with Gasteiger partial charge in [-0.25, -0.2) is 0 Å². The first kappa shape index (κ1) is 21.9. The molecule has 5 nitrogen and oxygen atoms in total. The molecule has 1 amide bonds. The minimum absolute atomic E-state index is 0.0446. The molecule has 0 aromatic heterocycles. The fourth-order valence-electron chi connectivity index (χ4n) is 3.39. The van der Waals surface area contributed by atoms with Gasteiger partial charge in [0.05, 0.1) is 13.7 Å². The first-order chi connectivity index (χ1) is 14.6. The lowest BCUT2D eigenvalue weighted by atomic mass is 10.1. The maximum atomic E-state index is 12.9. The van der Waals surface area contributed by atoms with Crippen molar-refractivity contribution in [3.05, 3.63) is 65.7 Å². The molecule has 1 aliphatic rings. The summed E-state index contributed by atoms with van der Waals surface area (Å²) in [6.45, 7) is 8.91. The van der Waals surface area contributed by atoms with Crippen LogP contribution in [0.15, 0.2) is 54.6 Å². The predicted octanol–water partition coefficient (Wildman–Crippen LogP) is 4.20. The molecule has 2 aromatic rings. The van der Waals surface area contributed by atoms with Gasteiger partial charge in [0.25, 0.3) is 5.91 Å². The van der Waals surface area contributed by atoms with E-state index < -0.39 is 0 Å². The van der Waals surface area contributed by atoms with E-state index in [1.807, 2.05) is 35.2 Å². The number of amides is 1. The summed E-state index contributed by atoms with van der Waals surface area (Å²) >= 11 is 0. The van der Waals surface area contributed by atoms with Crippen molar-refractivity contribution < 1.29 is 14.3 Å². The quantitative estimate of drug-likeness (QED) is 0.656. The second-order valence-electron chi connectivity index (χ2n) is 7.98. The Balaban J connectivity index is 1.52. The summed E-state index contributed by atoms with van der Waals surface area (Å²) in [6.07, 6.45) is 4.33. The molecule has 3 rings (SSSR count). The van der Waals surface area contributed by atoms with Crippen LogP contribution in [0.1, 0.15) is 29.8 Å². The molecule has 0 aliphatic carbocycles. The highest BCUT2D eigenvalue weighted by molar-refractivity contribution is 5.95. The maximum absolute atomic E-state index is 12.9. The van der Waals surface area contributed by atoms with E-state index in [2.05, 4.69) is 43.0 Å². The summed E-state index contributed by atoms with van der Waals surface area (Å²) in [7, 11) is 1.60. The van der Waals surface area contributed by atoms with Crippen LogP contribution in [0.4, 0.5) is 0 Å². The van der Waals surface area contributed by atoms with E-state index >= 15 is 0 Å². The van der Waals surface area contributed by atoms with Crippen molar-refractivity contribution in [2.75, 3.05) is 46.4 Å². The van der Waals surface area contributed by atoms with Crippen LogP contribution in [0.25, 0.3) is 6.08 Å². The molecular weight excluding hydrogens is 376 g/mol. The zero-order valence-electron chi connectivity index (χ0n) is 18.2. The number of ether oxygens (including phenoxy) is 2. The summed E-state index contributed by atoms with van der Waals surface area (Å²) < 4.78 is 11.2. The molecule has 0 unspecified atom stereocenters. The van der Waals surface area contributed by atoms with Gasteiger partial charge in [0.2, 0.25) is 0 Å². The average Bonchev–Trinajstić information content (AvgIpc) is 2.78. The molecule has 5 heteroatoms. The van der Waals surface area contributed by atoms with Gasteiger partial charge in [0.1, 0.15) is 0 Å². The summed E-state index contributed by atoms with van der Waals surface area (Å²) in [5, 5.41) is 0. The van der Waals surface area contributed by atoms with Crippen LogP contribution < -0.4 is 9.47 Å². The zero-order valence-corrected chi connectivity index (χ0v) is 18.2. The van der Waals surface area contributed by atoms with Crippen molar-refractivity contribution in [2.24, 2.45) is 5.92 Å². The first-order valence-electron chi connectivity index (χ1n) is 10.6. The van der Waals surface area contributed by atoms with Crippen molar-refractivity contribution in [1.82, 2.24) is 9.80 Å². The Morgan fingerprint density at radius 3 is 2.43 bits per heavy atom. The number of benzene rings is 2. The normalized spacial score (nSPS) is 15.0. The fraction of sp³-hybridized carbons (Fsp3) is 0.400. The molecule has 1 fully saturated rings. The predicted molar refractivity (Wildman–Crippen MR) is 121 cm³/mol. The van der Waals surface area contributed by atoms with E-state index in [1.54, 1.807) is 13.2 Å². The molecule has 2 aromatic carbocycles. The van der Waals surface area contributed by atoms with E-state index in [0.717, 1.165) is 32.7 Å². The number of hydrogen-bond donors (Lipinski definition) is 0. The molecule has 160 valence electrons. The lowest BCUT2D eigenvalue weighted by Gasteiger charge is -2.34. The van der Waals surface area contributed by atoms with Gasteiger partial charge in [-0.15, -0.1) is 0 Å². The summed E-state index contributed by atoms with van der Waals surface area (Å²) in [6, 6.07) is 15.8. The minimum Gasteiger partial charge on any atom is -0.493 e. The second-order valence-corrected chi connectivity index (χ2v) is 7.98. The van der Waals surface area contributed by atoms with Crippen molar-refractivity contribution in [2.45, 2.75) is 13.8 Å². The van der Waals surface area contributed by atoms with Gasteiger partial charge in [0.15, 0.2) is 11.5 Å². The van der Waals surface area contributed by atoms with Gasteiger partial charge in [-0.05, 0) is 29.7 Å². The highest BCUT2D eigenvalue weighted by atomic mass is 16.5. The van der Waals surface area contributed by atoms with E-state index in [9.17, 15) is 4.79 Å². The molecule has 0 atom stereocenters. The summed E-state index contributed by atoms with van der Waals surface area (Å²) in [4.78, 5) is 17.2. The van der Waals surface area contributed by atoms with E-state index in [-0.39, 0.29) is 5.91 Å². The Labute approximate surface area is 179 Å². The molecule has 0 spiro atoms. The molecule has 1 saturated heterocycles. The molecule has 0 saturated carbocycles. The third-order valence-corrected chi connectivity index (χ3v) is 5.12. The number of piperazine rings is 1. The van der Waals surface area contributed by atoms with Crippen molar-refractivity contribution in [3.63, 3.8) is 0 Å². The average molecular weight is 409 g/mol. The molecule has 0 bridgehead atoms. The minimum atomic E-state index is 0.0446. The highest BCUT2D eigenvalue weighted by Crippen LogP contribution is 2.29. The molecule has 1 heterocycles. The van der Waals surface area contributed by atoms with E-state index in [0.29, 0.717) is 29.6 Å². The van der Waals surface area contributed by atoms with Crippen LogP contribution in [0.2, 0.25) is 0 Å². The van der Waals surface area contributed by atoms with Gasteiger partial charge >= 0.3 is 0 Å². The van der Waals surface area contributed by atoms with Gasteiger partial charge in [-0.1, -0.05) is 56.3 Å². The lowest BCUT2D eigenvalue weighted by molar-refractivity contribution is 0.0650. The van der Waals surface area contributed by atoms with E-state index in [1.165, 1.54) is 5.56 Å². The number of carbonyl (C=O) groups excluding carboxylic acids is 1. The Bertz CT molecular complexity index is 841. The van der Waals surface area contributed by atoms with Crippen LogP contribution >= 0.6 is 0 Å². The number of nitrogens with zero attached hydrogens (tertiary/aromatic N) is 2. The summed E-state index contributed by atoms with van der Waals surface area (Å²) in [5.74, 6) is 1.75. The molecule has 30 heavy (non-hydrogen) atoms. The first-order valence-corrected chi connectivity index (χ1v) is 10.6. The van der Waals surface area contributed by atoms with Crippen LogP contribution in [-0.4, -0.2) is 62.1 Å². The standard InChI is InChI=1S/C25H32N2O3/c1-20(2)19-30-23-12-11-22(18-24(23)29-3)25(28)27-16-14-26(15-17-27)13-7-10-21-8-5-4-6-9-21/h4-12,18,20H,13-17,19H2,1-3H3/b10-7+. The topological polar surface area (TPSA) is 42.0 Å². The van der Waals surface area contributed by atoms with Crippen molar-refractivity contribution >= 4 is 12.0 Å². The van der Waals surface area contributed by atoms with Crippen LogP contribution in [0, 0.1) is 5.92 Å². The third-order valence-electron chi connectivity index (χ3n) is 5.12. The van der Waals surface area contributed by atoms with Gasteiger partial charge in [-0.3, -0.25) is 9.69 Å². The Hall–Kier alpha value is -2.79. The monoisotopic (exact) mass is 408 g/mol.